The van der Waals surface area contributed by atoms with Gasteiger partial charge in [-0.15, -0.1) is 0 Å². The summed E-state index contributed by atoms with van der Waals surface area (Å²) in [4.78, 5) is 0. The summed E-state index contributed by atoms with van der Waals surface area (Å²) in [5.74, 6) is 0. The largest absolute Gasteiger partial charge is 0.373 e. The Hall–Kier alpha value is -0.120. The number of epoxide rings is 1. The maximum Gasteiger partial charge on any atom is 0.146 e. The minimum absolute atomic E-state index is 0.434. The molecule has 0 radical (unpaired) electrons. The zero-order valence-corrected chi connectivity index (χ0v) is 10.6. The highest BCUT2D eigenvalue weighted by atomic mass is 16.7. The molecule has 0 saturated carbocycles. The summed E-state index contributed by atoms with van der Waals surface area (Å²) in [5, 5.41) is 0. The molecule has 0 aliphatic carbocycles. The average Bonchev–Trinajstić information content (AvgIpc) is 3.10. The summed E-state index contributed by atoms with van der Waals surface area (Å²) in [5.41, 5.74) is 0. The topological polar surface area (TPSA) is 31.0 Å². The molecule has 1 saturated heterocycles. The van der Waals surface area contributed by atoms with Crippen molar-refractivity contribution < 1.29 is 14.2 Å². The molecule has 96 valence electrons. The Morgan fingerprint density at radius 3 is 2.25 bits per heavy atom. The molecule has 1 heterocycles. The zero-order valence-electron chi connectivity index (χ0n) is 10.6. The monoisotopic (exact) mass is 230 g/mol. The lowest BCUT2D eigenvalue weighted by Crippen LogP contribution is -1.98. The second-order valence-electron chi connectivity index (χ2n) is 4.53. The molecule has 0 amide bonds. The molecule has 1 fully saturated rings. The van der Waals surface area contributed by atoms with Crippen LogP contribution in [0.2, 0.25) is 0 Å². The van der Waals surface area contributed by atoms with Gasteiger partial charge in [-0.05, 0) is 12.8 Å². The zero-order chi connectivity index (χ0) is 11.5. The van der Waals surface area contributed by atoms with Gasteiger partial charge in [0.1, 0.15) is 6.79 Å². The molecule has 0 spiro atoms. The Morgan fingerprint density at radius 1 is 1.00 bits per heavy atom. The van der Waals surface area contributed by atoms with E-state index in [4.69, 9.17) is 14.2 Å². The number of hydrogen-bond donors (Lipinski definition) is 0. The first-order valence-electron chi connectivity index (χ1n) is 6.62. The fourth-order valence-corrected chi connectivity index (χ4v) is 1.84. The summed E-state index contributed by atoms with van der Waals surface area (Å²) in [6.45, 7) is 2.29. The lowest BCUT2D eigenvalue weighted by atomic mass is 10.1. The van der Waals surface area contributed by atoms with Gasteiger partial charge in [0.05, 0.1) is 12.7 Å². The van der Waals surface area contributed by atoms with E-state index in [0.29, 0.717) is 12.9 Å². The van der Waals surface area contributed by atoms with Crippen molar-refractivity contribution >= 4 is 0 Å². The smallest absolute Gasteiger partial charge is 0.146 e. The van der Waals surface area contributed by atoms with E-state index in [2.05, 4.69) is 0 Å². The molecule has 0 aromatic rings. The van der Waals surface area contributed by atoms with Crippen LogP contribution in [0.15, 0.2) is 0 Å². The van der Waals surface area contributed by atoms with E-state index >= 15 is 0 Å². The molecule has 1 aliphatic rings. The first-order chi connectivity index (χ1) is 7.93. The summed E-state index contributed by atoms with van der Waals surface area (Å²) < 4.78 is 15.2. The van der Waals surface area contributed by atoms with Gasteiger partial charge in [0.15, 0.2) is 0 Å². The normalized spacial score (nSPS) is 18.9. The van der Waals surface area contributed by atoms with E-state index in [1.807, 2.05) is 0 Å². The molecule has 1 unspecified atom stereocenters. The lowest BCUT2D eigenvalue weighted by Gasteiger charge is -2.03. The first kappa shape index (κ1) is 13.9. The fraction of sp³-hybridized carbons (Fsp3) is 1.00. The molecule has 0 aromatic carbocycles. The Labute approximate surface area is 99.5 Å². The van der Waals surface area contributed by atoms with Crippen molar-refractivity contribution in [2.45, 2.75) is 57.5 Å². The van der Waals surface area contributed by atoms with E-state index in [-0.39, 0.29) is 0 Å². The molecule has 0 bridgehead atoms. The Balaban J connectivity index is 1.61. The van der Waals surface area contributed by atoms with E-state index in [0.717, 1.165) is 13.2 Å². The van der Waals surface area contributed by atoms with Crippen LogP contribution < -0.4 is 0 Å². The molecule has 16 heavy (non-hydrogen) atoms. The van der Waals surface area contributed by atoms with Crippen LogP contribution >= 0.6 is 0 Å². The van der Waals surface area contributed by atoms with Crippen LogP contribution in [0.25, 0.3) is 0 Å². The van der Waals surface area contributed by atoms with Gasteiger partial charge in [0.2, 0.25) is 0 Å². The predicted octanol–water partition coefficient (Wildman–Crippen LogP) is 3.13. The summed E-state index contributed by atoms with van der Waals surface area (Å²) in [7, 11) is 1.66. The quantitative estimate of drug-likeness (QED) is 0.293. The summed E-state index contributed by atoms with van der Waals surface area (Å²) in [6.07, 6.45) is 11.2. The van der Waals surface area contributed by atoms with Gasteiger partial charge in [-0.2, -0.15) is 0 Å². The SMILES string of the molecule is COCOCCCCCCCCCC1CO1. The number of ether oxygens (including phenoxy) is 3. The molecule has 1 aliphatic heterocycles. The van der Waals surface area contributed by atoms with Gasteiger partial charge >= 0.3 is 0 Å². The van der Waals surface area contributed by atoms with Crippen molar-refractivity contribution in [3.05, 3.63) is 0 Å². The van der Waals surface area contributed by atoms with Crippen LogP contribution in [0.4, 0.5) is 0 Å². The van der Waals surface area contributed by atoms with Gasteiger partial charge in [-0.3, -0.25) is 0 Å². The van der Waals surface area contributed by atoms with Crippen LogP contribution in [-0.2, 0) is 14.2 Å². The Kier molecular flexibility index (Phi) is 8.77. The minimum Gasteiger partial charge on any atom is -0.373 e. The molecule has 1 atom stereocenters. The van der Waals surface area contributed by atoms with E-state index < -0.39 is 0 Å². The first-order valence-corrected chi connectivity index (χ1v) is 6.62. The molecular weight excluding hydrogens is 204 g/mol. The number of rotatable bonds is 12. The van der Waals surface area contributed by atoms with E-state index in [1.54, 1.807) is 7.11 Å². The third-order valence-electron chi connectivity index (χ3n) is 2.92. The highest BCUT2D eigenvalue weighted by molar-refractivity contribution is 4.68. The van der Waals surface area contributed by atoms with Gasteiger partial charge in [0.25, 0.3) is 0 Å². The maximum atomic E-state index is 5.23. The van der Waals surface area contributed by atoms with Crippen LogP contribution in [0.3, 0.4) is 0 Å². The summed E-state index contributed by atoms with van der Waals surface area (Å²) >= 11 is 0. The average molecular weight is 230 g/mol. The molecule has 0 N–H and O–H groups in total. The third kappa shape index (κ3) is 9.13. The van der Waals surface area contributed by atoms with Gasteiger partial charge in [-0.1, -0.05) is 38.5 Å². The van der Waals surface area contributed by atoms with Crippen LogP contribution in [0, 0.1) is 0 Å². The Bertz CT molecular complexity index is 146. The standard InChI is InChI=1S/C13H26O3/c1-14-12-15-10-8-6-4-2-3-5-7-9-13-11-16-13/h13H,2-12H2,1H3. The van der Waals surface area contributed by atoms with Gasteiger partial charge in [0, 0.05) is 13.7 Å². The van der Waals surface area contributed by atoms with Gasteiger partial charge < -0.3 is 14.2 Å². The minimum atomic E-state index is 0.434. The van der Waals surface area contributed by atoms with E-state index in [1.165, 1.54) is 51.4 Å². The van der Waals surface area contributed by atoms with Crippen molar-refractivity contribution in [2.24, 2.45) is 0 Å². The molecular formula is C13H26O3. The Morgan fingerprint density at radius 2 is 1.62 bits per heavy atom. The number of methoxy groups -OCH3 is 1. The maximum absolute atomic E-state index is 5.23. The lowest BCUT2D eigenvalue weighted by molar-refractivity contribution is -0.0315. The number of unbranched alkanes of at least 4 members (excludes halogenated alkanes) is 6. The van der Waals surface area contributed by atoms with Gasteiger partial charge in [-0.25, -0.2) is 0 Å². The van der Waals surface area contributed by atoms with Crippen LogP contribution in [-0.4, -0.2) is 33.2 Å². The van der Waals surface area contributed by atoms with Crippen LogP contribution in [0.1, 0.15) is 51.4 Å². The second kappa shape index (κ2) is 10.1. The van der Waals surface area contributed by atoms with E-state index in [9.17, 15) is 0 Å². The summed E-state index contributed by atoms with van der Waals surface area (Å²) in [6, 6.07) is 0. The van der Waals surface area contributed by atoms with Crippen molar-refractivity contribution in [3.63, 3.8) is 0 Å². The fourth-order valence-electron chi connectivity index (χ4n) is 1.84. The van der Waals surface area contributed by atoms with Crippen molar-refractivity contribution in [1.29, 1.82) is 0 Å². The van der Waals surface area contributed by atoms with Crippen molar-refractivity contribution in [1.82, 2.24) is 0 Å². The van der Waals surface area contributed by atoms with Crippen molar-refractivity contribution in [2.75, 3.05) is 27.1 Å². The molecule has 3 heteroatoms. The molecule has 3 nitrogen and oxygen atoms in total. The van der Waals surface area contributed by atoms with Crippen LogP contribution in [0.5, 0.6) is 0 Å². The highest BCUT2D eigenvalue weighted by Gasteiger charge is 2.20. The predicted molar refractivity (Wildman–Crippen MR) is 64.5 cm³/mol. The second-order valence-corrected chi connectivity index (χ2v) is 4.53. The van der Waals surface area contributed by atoms with Crippen molar-refractivity contribution in [3.8, 4) is 0 Å². The third-order valence-corrected chi connectivity index (χ3v) is 2.92. The molecule has 1 rings (SSSR count). The highest BCUT2D eigenvalue weighted by Crippen LogP contribution is 2.18. The molecule has 0 aromatic heterocycles. The number of hydrogen-bond acceptors (Lipinski definition) is 3.